The van der Waals surface area contributed by atoms with Crippen molar-refractivity contribution < 1.29 is 0 Å². The van der Waals surface area contributed by atoms with Crippen molar-refractivity contribution in [2.24, 2.45) is 0 Å². The summed E-state index contributed by atoms with van der Waals surface area (Å²) in [6, 6.07) is 11.0. The van der Waals surface area contributed by atoms with Crippen LogP contribution in [0.3, 0.4) is 0 Å². The largest absolute Gasteiger partial charge is 0.151 e. The third kappa shape index (κ3) is 5.06. The number of hydrogen-bond acceptors (Lipinski definition) is 1. The molecule has 1 atom stereocenters. The number of hydrogen-bond donors (Lipinski definition) is 0. The molecule has 0 amide bonds. The van der Waals surface area contributed by atoms with E-state index in [1.807, 2.05) is 0 Å². The molecule has 102 valence electrons. The fraction of sp³-hybridized carbons (Fsp3) is 0.647. The molecule has 0 aromatic heterocycles. The monoisotopic (exact) mass is 264 g/mol. The molecule has 0 aliphatic rings. The van der Waals surface area contributed by atoms with Crippen molar-refractivity contribution in [1.29, 1.82) is 0 Å². The Kier molecular flexibility index (Phi) is 7.50. The van der Waals surface area contributed by atoms with E-state index in [-0.39, 0.29) is 0 Å². The zero-order chi connectivity index (χ0) is 13.3. The molecule has 0 heterocycles. The minimum absolute atomic E-state index is 0.298. The molecule has 18 heavy (non-hydrogen) atoms. The van der Waals surface area contributed by atoms with Gasteiger partial charge in [0.15, 0.2) is 0 Å². The van der Waals surface area contributed by atoms with E-state index in [1.165, 1.54) is 49.8 Å². The first kappa shape index (κ1) is 15.6. The van der Waals surface area contributed by atoms with E-state index < -0.39 is 0 Å². The first-order valence-corrected chi connectivity index (χ1v) is 8.41. The third-order valence-corrected chi connectivity index (χ3v) is 5.38. The van der Waals surface area contributed by atoms with Gasteiger partial charge in [-0.05, 0) is 31.1 Å². The minimum atomic E-state index is 0.298. The fourth-order valence-corrected chi connectivity index (χ4v) is 3.49. The molecule has 1 aromatic carbocycles. The summed E-state index contributed by atoms with van der Waals surface area (Å²) < 4.78 is 0.298. The highest BCUT2D eigenvalue weighted by Gasteiger charge is 2.24. The van der Waals surface area contributed by atoms with Gasteiger partial charge in [-0.1, -0.05) is 69.9 Å². The smallest absolute Gasteiger partial charge is 0.0377 e. The van der Waals surface area contributed by atoms with Gasteiger partial charge < -0.3 is 0 Å². The summed E-state index contributed by atoms with van der Waals surface area (Å²) in [4.78, 5) is 0. The van der Waals surface area contributed by atoms with Gasteiger partial charge in [0.05, 0.1) is 0 Å². The summed E-state index contributed by atoms with van der Waals surface area (Å²) >= 11 is 2.13. The van der Waals surface area contributed by atoms with Gasteiger partial charge >= 0.3 is 0 Å². The van der Waals surface area contributed by atoms with Crippen LogP contribution in [0, 0.1) is 0 Å². The molecule has 0 aliphatic carbocycles. The number of thioether (sulfide) groups is 1. The molecule has 0 bridgehead atoms. The Bertz CT molecular complexity index is 307. The average molecular weight is 264 g/mol. The molecule has 0 spiro atoms. The van der Waals surface area contributed by atoms with E-state index in [2.05, 4.69) is 62.9 Å². The molecule has 1 aromatic rings. The number of benzene rings is 1. The van der Waals surface area contributed by atoms with Crippen LogP contribution in [0.1, 0.15) is 64.9 Å². The summed E-state index contributed by atoms with van der Waals surface area (Å²) in [7, 11) is 0. The van der Waals surface area contributed by atoms with Gasteiger partial charge in [0.1, 0.15) is 0 Å². The maximum absolute atomic E-state index is 2.39. The van der Waals surface area contributed by atoms with Crippen LogP contribution in [0.25, 0.3) is 0 Å². The van der Waals surface area contributed by atoms with E-state index >= 15 is 0 Å². The molecule has 1 rings (SSSR count). The minimum Gasteiger partial charge on any atom is -0.151 e. The van der Waals surface area contributed by atoms with Crippen LogP contribution in [-0.4, -0.2) is 5.75 Å². The van der Waals surface area contributed by atoms with Gasteiger partial charge in [0.2, 0.25) is 0 Å². The predicted molar refractivity (Wildman–Crippen MR) is 85.3 cm³/mol. The first-order valence-electron chi connectivity index (χ1n) is 7.42. The molecule has 0 N–H and O–H groups in total. The highest BCUT2D eigenvalue weighted by atomic mass is 32.2. The zero-order valence-electron chi connectivity index (χ0n) is 12.2. The van der Waals surface area contributed by atoms with Gasteiger partial charge in [-0.25, -0.2) is 0 Å². The van der Waals surface area contributed by atoms with Crippen LogP contribution in [0.4, 0.5) is 0 Å². The maximum Gasteiger partial charge on any atom is 0.0377 e. The molecule has 0 fully saturated rings. The molecule has 0 aliphatic heterocycles. The van der Waals surface area contributed by atoms with E-state index in [1.54, 1.807) is 0 Å². The predicted octanol–water partition coefficient (Wildman–Crippen LogP) is 6.02. The van der Waals surface area contributed by atoms with Crippen molar-refractivity contribution in [3.63, 3.8) is 0 Å². The Morgan fingerprint density at radius 1 is 0.944 bits per heavy atom. The van der Waals surface area contributed by atoms with Crippen molar-refractivity contribution >= 4 is 11.8 Å². The van der Waals surface area contributed by atoms with Crippen molar-refractivity contribution in [2.45, 2.75) is 64.0 Å². The van der Waals surface area contributed by atoms with Crippen molar-refractivity contribution in [3.05, 3.63) is 35.9 Å². The topological polar surface area (TPSA) is 0 Å². The van der Waals surface area contributed by atoms with E-state index in [9.17, 15) is 0 Å². The van der Waals surface area contributed by atoms with Gasteiger partial charge in [-0.2, -0.15) is 11.8 Å². The lowest BCUT2D eigenvalue weighted by Crippen LogP contribution is -2.16. The Hall–Kier alpha value is -0.430. The van der Waals surface area contributed by atoms with Crippen molar-refractivity contribution in [3.8, 4) is 0 Å². The lowest BCUT2D eigenvalue weighted by molar-refractivity contribution is 0.645. The van der Waals surface area contributed by atoms with Gasteiger partial charge in [-0.3, -0.25) is 0 Å². The number of rotatable bonds is 9. The van der Waals surface area contributed by atoms with Crippen LogP contribution in [-0.2, 0) is 4.75 Å². The standard InChI is InChI=1S/C17H28S/c1-4-6-7-8-12-15-18-17(3,5-2)16-13-10-9-11-14-16/h9-11,13-14H,4-8,12,15H2,1-3H3. The maximum atomic E-state index is 2.39. The highest BCUT2D eigenvalue weighted by molar-refractivity contribution is 8.00. The van der Waals surface area contributed by atoms with Crippen molar-refractivity contribution in [1.82, 2.24) is 0 Å². The quantitative estimate of drug-likeness (QED) is 0.492. The summed E-state index contributed by atoms with van der Waals surface area (Å²) in [6.45, 7) is 6.97. The first-order chi connectivity index (χ1) is 8.73. The summed E-state index contributed by atoms with van der Waals surface area (Å²) in [5.41, 5.74) is 1.48. The van der Waals surface area contributed by atoms with Crippen LogP contribution in [0.5, 0.6) is 0 Å². The van der Waals surface area contributed by atoms with Gasteiger partial charge in [0.25, 0.3) is 0 Å². The second kappa shape index (κ2) is 8.63. The number of unbranched alkanes of at least 4 members (excludes halogenated alkanes) is 4. The Balaban J connectivity index is 2.37. The van der Waals surface area contributed by atoms with Crippen molar-refractivity contribution in [2.75, 3.05) is 5.75 Å². The van der Waals surface area contributed by atoms with Crippen LogP contribution < -0.4 is 0 Å². The van der Waals surface area contributed by atoms with E-state index in [0.717, 1.165) is 0 Å². The molecule has 0 saturated carbocycles. The molecule has 0 nitrogen and oxygen atoms in total. The average Bonchev–Trinajstić information content (AvgIpc) is 2.43. The zero-order valence-corrected chi connectivity index (χ0v) is 13.1. The van der Waals surface area contributed by atoms with E-state index in [4.69, 9.17) is 0 Å². The lowest BCUT2D eigenvalue weighted by Gasteiger charge is -2.28. The second-order valence-corrected chi connectivity index (χ2v) is 6.81. The Morgan fingerprint density at radius 3 is 2.22 bits per heavy atom. The molecular formula is C17H28S. The van der Waals surface area contributed by atoms with Crippen LogP contribution in [0.15, 0.2) is 30.3 Å². The molecular weight excluding hydrogens is 236 g/mol. The summed E-state index contributed by atoms with van der Waals surface area (Å²) in [6.07, 6.45) is 8.11. The van der Waals surface area contributed by atoms with Gasteiger partial charge in [-0.15, -0.1) is 0 Å². The fourth-order valence-electron chi connectivity index (χ4n) is 2.18. The summed E-state index contributed by atoms with van der Waals surface area (Å²) in [5.74, 6) is 1.29. The van der Waals surface area contributed by atoms with E-state index in [0.29, 0.717) is 4.75 Å². The second-order valence-electron chi connectivity index (χ2n) is 5.21. The molecule has 1 unspecified atom stereocenters. The van der Waals surface area contributed by atoms with Gasteiger partial charge in [0, 0.05) is 4.75 Å². The Labute approximate surface area is 118 Å². The van der Waals surface area contributed by atoms with Crippen LogP contribution in [0.2, 0.25) is 0 Å². The third-order valence-electron chi connectivity index (χ3n) is 3.73. The molecule has 1 heteroatoms. The molecule has 0 saturated heterocycles. The lowest BCUT2D eigenvalue weighted by atomic mass is 9.98. The summed E-state index contributed by atoms with van der Waals surface area (Å²) in [5, 5.41) is 0. The molecule has 0 radical (unpaired) electrons. The SMILES string of the molecule is CCCCCCCSC(C)(CC)c1ccccc1. The Morgan fingerprint density at radius 2 is 1.61 bits per heavy atom. The normalized spacial score (nSPS) is 14.4. The highest BCUT2D eigenvalue weighted by Crippen LogP contribution is 2.39. The van der Waals surface area contributed by atoms with Crippen LogP contribution >= 0.6 is 11.8 Å².